The maximum Gasteiger partial charge on any atom is 0.305 e. The minimum atomic E-state index is -0.989. The van der Waals surface area contributed by atoms with Gasteiger partial charge in [0.2, 0.25) is 5.91 Å². The molecule has 2 atom stereocenters. The van der Waals surface area contributed by atoms with Crippen LogP contribution in [0.25, 0.3) is 0 Å². The van der Waals surface area contributed by atoms with Crippen LogP contribution < -0.4 is 0 Å². The Hall–Kier alpha value is -1.98. The van der Waals surface area contributed by atoms with Crippen molar-refractivity contribution in [2.45, 2.75) is 18.8 Å². The first kappa shape index (κ1) is 14.4. The fourth-order valence-corrected chi connectivity index (χ4v) is 2.31. The number of nitrogens with zero attached hydrogens (tertiary/aromatic N) is 1. The predicted molar refractivity (Wildman–Crippen MR) is 67.1 cm³/mol. The second-order valence-corrected chi connectivity index (χ2v) is 4.99. The number of carboxylic acid groups (broad SMARTS) is 1. The van der Waals surface area contributed by atoms with Gasteiger partial charge in [0.1, 0.15) is 11.6 Å². The maximum atomic E-state index is 13.6. The van der Waals surface area contributed by atoms with Gasteiger partial charge in [0.25, 0.3) is 0 Å². The monoisotopic (exact) mass is 283 g/mol. The van der Waals surface area contributed by atoms with E-state index in [1.807, 2.05) is 0 Å². The van der Waals surface area contributed by atoms with Crippen molar-refractivity contribution < 1.29 is 23.5 Å². The molecule has 1 aromatic rings. The summed E-state index contributed by atoms with van der Waals surface area (Å²) >= 11 is 0. The Labute approximate surface area is 115 Å². The lowest BCUT2D eigenvalue weighted by atomic mass is 10.1. The minimum Gasteiger partial charge on any atom is -0.481 e. The second-order valence-electron chi connectivity index (χ2n) is 4.99. The fraction of sp³-hybridized carbons (Fsp3) is 0.429. The van der Waals surface area contributed by atoms with Crippen LogP contribution in [-0.4, -0.2) is 35.5 Å². The molecule has 108 valence electrons. The molecular formula is C14H15F2NO3. The van der Waals surface area contributed by atoms with E-state index in [9.17, 15) is 18.4 Å². The van der Waals surface area contributed by atoms with E-state index in [0.29, 0.717) is 6.42 Å². The van der Waals surface area contributed by atoms with Gasteiger partial charge >= 0.3 is 5.97 Å². The van der Waals surface area contributed by atoms with Crippen LogP contribution >= 0.6 is 0 Å². The summed E-state index contributed by atoms with van der Waals surface area (Å²) in [4.78, 5) is 23.8. The zero-order valence-electron chi connectivity index (χ0n) is 11.0. The first-order chi connectivity index (χ1) is 9.41. The molecule has 0 heterocycles. The van der Waals surface area contributed by atoms with E-state index in [-0.39, 0.29) is 24.4 Å². The summed E-state index contributed by atoms with van der Waals surface area (Å²) in [5.41, 5.74) is -0.0440. The number of amides is 1. The van der Waals surface area contributed by atoms with Gasteiger partial charge < -0.3 is 10.0 Å². The average Bonchev–Trinajstić information content (AvgIpc) is 3.15. The third-order valence-corrected chi connectivity index (χ3v) is 3.52. The number of carboxylic acids is 1. The molecular weight excluding hydrogens is 268 g/mol. The number of rotatable bonds is 5. The molecule has 0 spiro atoms. The van der Waals surface area contributed by atoms with Crippen molar-refractivity contribution in [3.05, 3.63) is 35.4 Å². The number of benzene rings is 1. The summed E-state index contributed by atoms with van der Waals surface area (Å²) in [5, 5.41) is 8.56. The minimum absolute atomic E-state index is 0.0440. The third kappa shape index (κ3) is 2.95. The highest BCUT2D eigenvalue weighted by Crippen LogP contribution is 2.49. The molecule has 1 fully saturated rings. The van der Waals surface area contributed by atoms with E-state index >= 15 is 0 Å². The van der Waals surface area contributed by atoms with Gasteiger partial charge in [0.15, 0.2) is 0 Å². The Kier molecular flexibility index (Phi) is 4.01. The van der Waals surface area contributed by atoms with Crippen molar-refractivity contribution in [3.8, 4) is 0 Å². The van der Waals surface area contributed by atoms with Crippen LogP contribution in [0.2, 0.25) is 0 Å². The summed E-state index contributed by atoms with van der Waals surface area (Å²) in [6.45, 7) is 0.0944. The van der Waals surface area contributed by atoms with E-state index in [0.717, 1.165) is 0 Å². The van der Waals surface area contributed by atoms with Gasteiger partial charge in [-0.15, -0.1) is 0 Å². The van der Waals surface area contributed by atoms with Crippen molar-refractivity contribution >= 4 is 11.9 Å². The number of halogens is 2. The molecule has 6 heteroatoms. The van der Waals surface area contributed by atoms with Crippen LogP contribution in [0, 0.1) is 17.6 Å². The first-order valence-corrected chi connectivity index (χ1v) is 6.32. The number of hydrogen-bond acceptors (Lipinski definition) is 2. The van der Waals surface area contributed by atoms with Crippen LogP contribution in [0.15, 0.2) is 18.2 Å². The fourth-order valence-electron chi connectivity index (χ4n) is 2.31. The molecule has 1 saturated carbocycles. The number of carbonyl (C=O) groups excluding carboxylic acids is 1. The largest absolute Gasteiger partial charge is 0.481 e. The SMILES string of the molecule is CN(CCC(=O)O)C(=O)[C@@H]1C[C@@H]1c1c(F)cccc1F. The van der Waals surface area contributed by atoms with Crippen LogP contribution in [0.4, 0.5) is 8.78 Å². The number of hydrogen-bond donors (Lipinski definition) is 1. The van der Waals surface area contributed by atoms with Crippen LogP contribution in [0.3, 0.4) is 0 Å². The Morgan fingerprint density at radius 3 is 2.50 bits per heavy atom. The Morgan fingerprint density at radius 2 is 1.95 bits per heavy atom. The summed E-state index contributed by atoms with van der Waals surface area (Å²) in [7, 11) is 1.50. The zero-order valence-corrected chi connectivity index (χ0v) is 11.0. The molecule has 20 heavy (non-hydrogen) atoms. The van der Waals surface area contributed by atoms with E-state index in [1.165, 1.54) is 30.1 Å². The van der Waals surface area contributed by atoms with Crippen LogP contribution in [0.1, 0.15) is 24.3 Å². The van der Waals surface area contributed by atoms with Gasteiger partial charge in [-0.2, -0.15) is 0 Å². The third-order valence-electron chi connectivity index (χ3n) is 3.52. The van der Waals surface area contributed by atoms with Gasteiger partial charge in [-0.25, -0.2) is 8.78 Å². The van der Waals surface area contributed by atoms with Gasteiger partial charge in [0, 0.05) is 31.0 Å². The molecule has 4 nitrogen and oxygen atoms in total. The van der Waals surface area contributed by atoms with Crippen molar-refractivity contribution in [2.75, 3.05) is 13.6 Å². The van der Waals surface area contributed by atoms with E-state index < -0.39 is 29.4 Å². The molecule has 1 N–H and O–H groups in total. The van der Waals surface area contributed by atoms with E-state index in [4.69, 9.17) is 5.11 Å². The lowest BCUT2D eigenvalue weighted by Gasteiger charge is -2.16. The van der Waals surface area contributed by atoms with Gasteiger partial charge in [-0.05, 0) is 18.6 Å². The highest BCUT2D eigenvalue weighted by atomic mass is 19.1. The Balaban J connectivity index is 2.01. The summed E-state index contributed by atoms with van der Waals surface area (Å²) in [6.07, 6.45) is 0.252. The van der Waals surface area contributed by atoms with Gasteiger partial charge in [-0.3, -0.25) is 9.59 Å². The zero-order chi connectivity index (χ0) is 14.9. The average molecular weight is 283 g/mol. The van der Waals surface area contributed by atoms with Gasteiger partial charge in [0.05, 0.1) is 6.42 Å². The Bertz CT molecular complexity index is 527. The molecule has 1 aliphatic rings. The van der Waals surface area contributed by atoms with Crippen molar-refractivity contribution in [2.24, 2.45) is 5.92 Å². The van der Waals surface area contributed by atoms with Crippen LogP contribution in [0.5, 0.6) is 0 Å². The highest BCUT2D eigenvalue weighted by molar-refractivity contribution is 5.83. The number of carbonyl (C=O) groups is 2. The summed E-state index contributed by atoms with van der Waals surface area (Å²) in [5.74, 6) is -3.44. The second kappa shape index (κ2) is 5.56. The molecule has 0 aromatic heterocycles. The molecule has 1 amide bonds. The van der Waals surface area contributed by atoms with E-state index in [1.54, 1.807) is 0 Å². The maximum absolute atomic E-state index is 13.6. The molecule has 2 rings (SSSR count). The normalized spacial score (nSPS) is 20.6. The lowest BCUT2D eigenvalue weighted by Crippen LogP contribution is -2.30. The van der Waals surface area contributed by atoms with E-state index in [2.05, 4.69) is 0 Å². The van der Waals surface area contributed by atoms with Gasteiger partial charge in [-0.1, -0.05) is 6.07 Å². The Morgan fingerprint density at radius 1 is 1.35 bits per heavy atom. The quantitative estimate of drug-likeness (QED) is 0.899. The molecule has 0 radical (unpaired) electrons. The molecule has 0 bridgehead atoms. The topological polar surface area (TPSA) is 57.6 Å². The van der Waals surface area contributed by atoms with Crippen molar-refractivity contribution in [3.63, 3.8) is 0 Å². The van der Waals surface area contributed by atoms with Crippen molar-refractivity contribution in [1.29, 1.82) is 0 Å². The van der Waals surface area contributed by atoms with Crippen molar-refractivity contribution in [1.82, 2.24) is 4.90 Å². The molecule has 1 aliphatic carbocycles. The highest BCUT2D eigenvalue weighted by Gasteiger charge is 2.47. The standard InChI is InChI=1S/C14H15F2NO3/c1-17(6-5-12(18)19)14(20)9-7-8(9)13-10(15)3-2-4-11(13)16/h2-4,8-9H,5-7H2,1H3,(H,18,19)/t8-,9+/m0/s1. The van der Waals surface area contributed by atoms with Crippen LogP contribution in [-0.2, 0) is 9.59 Å². The predicted octanol–water partition coefficient (Wildman–Crippen LogP) is 2.00. The molecule has 0 unspecified atom stereocenters. The summed E-state index contributed by atoms with van der Waals surface area (Å²) < 4.78 is 27.2. The first-order valence-electron chi connectivity index (χ1n) is 6.32. The molecule has 0 aliphatic heterocycles. The molecule has 0 saturated heterocycles. The summed E-state index contributed by atoms with van der Waals surface area (Å²) in [6, 6.07) is 3.63. The molecule has 1 aromatic carbocycles. The number of aliphatic carboxylic acids is 1. The lowest BCUT2D eigenvalue weighted by molar-refractivity contribution is -0.138. The smallest absolute Gasteiger partial charge is 0.305 e.